The Morgan fingerprint density at radius 3 is 3.17 bits per heavy atom. The summed E-state index contributed by atoms with van der Waals surface area (Å²) in [4.78, 5) is 15.9. The van der Waals surface area contributed by atoms with Crippen molar-refractivity contribution in [2.75, 3.05) is 6.54 Å². The molecule has 0 spiro atoms. The third kappa shape index (κ3) is 2.78. The summed E-state index contributed by atoms with van der Waals surface area (Å²) in [6.07, 6.45) is 4.85. The van der Waals surface area contributed by atoms with Crippen molar-refractivity contribution in [3.63, 3.8) is 0 Å². The monoisotopic (exact) mass is 248 g/mol. The Labute approximate surface area is 105 Å². The zero-order chi connectivity index (χ0) is 13.0. The molecule has 0 bridgehead atoms. The summed E-state index contributed by atoms with van der Waals surface area (Å²) in [7, 11) is 0. The van der Waals surface area contributed by atoms with Gasteiger partial charge in [0.2, 0.25) is 0 Å². The molecule has 18 heavy (non-hydrogen) atoms. The van der Waals surface area contributed by atoms with E-state index in [0.29, 0.717) is 24.5 Å². The predicted octanol–water partition coefficient (Wildman–Crippen LogP) is 0.926. The average molecular weight is 248 g/mol. The topological polar surface area (TPSA) is 86.1 Å². The van der Waals surface area contributed by atoms with Gasteiger partial charge in [0.1, 0.15) is 11.5 Å². The van der Waals surface area contributed by atoms with E-state index in [1.54, 1.807) is 29.4 Å². The molecule has 0 saturated carbocycles. The molecule has 2 aromatic rings. The van der Waals surface area contributed by atoms with E-state index in [4.69, 9.17) is 10.2 Å². The molecule has 3 N–H and O–H groups in total. The van der Waals surface area contributed by atoms with E-state index >= 15 is 0 Å². The van der Waals surface area contributed by atoms with Gasteiger partial charge in [0.25, 0.3) is 5.91 Å². The molecule has 96 valence electrons. The van der Waals surface area contributed by atoms with E-state index in [-0.39, 0.29) is 11.9 Å². The van der Waals surface area contributed by atoms with E-state index in [0.717, 1.165) is 0 Å². The summed E-state index contributed by atoms with van der Waals surface area (Å²) >= 11 is 0. The van der Waals surface area contributed by atoms with Crippen LogP contribution in [0.15, 0.2) is 35.3 Å². The van der Waals surface area contributed by atoms with Crippen LogP contribution in [0.3, 0.4) is 0 Å². The summed E-state index contributed by atoms with van der Waals surface area (Å²) in [5.41, 5.74) is 5.81. The second-order valence-electron chi connectivity index (χ2n) is 4.00. The number of hydrogen-bond acceptors (Lipinski definition) is 4. The Kier molecular flexibility index (Phi) is 3.78. The van der Waals surface area contributed by atoms with Crippen molar-refractivity contribution in [1.29, 1.82) is 0 Å². The number of carbonyl (C=O) groups excluding carboxylic acids is 1. The molecule has 0 aliphatic heterocycles. The second kappa shape index (κ2) is 5.50. The molecule has 0 aliphatic carbocycles. The van der Waals surface area contributed by atoms with Crippen molar-refractivity contribution in [1.82, 2.24) is 14.9 Å². The van der Waals surface area contributed by atoms with E-state index in [1.807, 2.05) is 13.0 Å². The lowest BCUT2D eigenvalue weighted by Gasteiger charge is -2.09. The summed E-state index contributed by atoms with van der Waals surface area (Å²) < 4.78 is 7.00. The quantitative estimate of drug-likeness (QED) is 0.824. The van der Waals surface area contributed by atoms with E-state index in [9.17, 15) is 4.79 Å². The molecule has 0 aliphatic rings. The number of nitrogens with zero attached hydrogens (tertiary/aromatic N) is 2. The first kappa shape index (κ1) is 12.4. The normalized spacial score (nSPS) is 12.3. The lowest BCUT2D eigenvalue weighted by Crippen LogP contribution is -2.26. The number of imidazole rings is 1. The van der Waals surface area contributed by atoms with Gasteiger partial charge < -0.3 is 20.0 Å². The van der Waals surface area contributed by atoms with Gasteiger partial charge in [-0.2, -0.15) is 0 Å². The van der Waals surface area contributed by atoms with Gasteiger partial charge >= 0.3 is 0 Å². The number of rotatable bonds is 5. The Balaban J connectivity index is 1.98. The molecule has 6 nitrogen and oxygen atoms in total. The van der Waals surface area contributed by atoms with Crippen LogP contribution < -0.4 is 11.1 Å². The minimum Gasteiger partial charge on any atom is -0.467 e. The molecule has 2 aromatic heterocycles. The van der Waals surface area contributed by atoms with Gasteiger partial charge in [-0.25, -0.2) is 4.98 Å². The fraction of sp³-hybridized carbons (Fsp3) is 0.333. The van der Waals surface area contributed by atoms with Crippen molar-refractivity contribution in [2.24, 2.45) is 5.73 Å². The zero-order valence-electron chi connectivity index (χ0n) is 10.2. The van der Waals surface area contributed by atoms with Gasteiger partial charge in [-0.1, -0.05) is 0 Å². The fourth-order valence-electron chi connectivity index (χ4n) is 1.63. The fourth-order valence-corrected chi connectivity index (χ4v) is 1.63. The maximum atomic E-state index is 11.9. The SMILES string of the molecule is C[C@H](NC(=O)c1cn(CCN)cn1)c1ccco1. The number of nitrogens with two attached hydrogens (primary N) is 1. The minimum absolute atomic E-state index is 0.188. The molecule has 2 heterocycles. The molecule has 0 saturated heterocycles. The maximum Gasteiger partial charge on any atom is 0.272 e. The van der Waals surface area contributed by atoms with Gasteiger partial charge in [0.15, 0.2) is 0 Å². The number of nitrogens with one attached hydrogen (secondary N) is 1. The Morgan fingerprint density at radius 1 is 1.67 bits per heavy atom. The molecule has 0 radical (unpaired) electrons. The number of furan rings is 1. The van der Waals surface area contributed by atoms with Crippen LogP contribution in [-0.2, 0) is 6.54 Å². The molecule has 6 heteroatoms. The first-order valence-corrected chi connectivity index (χ1v) is 5.77. The number of aromatic nitrogens is 2. The van der Waals surface area contributed by atoms with Crippen LogP contribution in [0.1, 0.15) is 29.2 Å². The van der Waals surface area contributed by atoms with Gasteiger partial charge in [0.05, 0.1) is 18.6 Å². The highest BCUT2D eigenvalue weighted by Gasteiger charge is 2.15. The van der Waals surface area contributed by atoms with Gasteiger partial charge in [0, 0.05) is 19.3 Å². The standard InChI is InChI=1S/C12H16N4O2/c1-9(11-3-2-6-18-11)15-12(17)10-7-16(5-4-13)8-14-10/h2-3,6-9H,4-5,13H2,1H3,(H,15,17)/t9-/m0/s1. The Bertz CT molecular complexity index is 504. The summed E-state index contributed by atoms with van der Waals surface area (Å²) in [6.45, 7) is 3.02. The highest BCUT2D eigenvalue weighted by Crippen LogP contribution is 2.12. The summed E-state index contributed by atoms with van der Waals surface area (Å²) in [5, 5.41) is 2.81. The highest BCUT2D eigenvalue weighted by atomic mass is 16.3. The van der Waals surface area contributed by atoms with Crippen molar-refractivity contribution in [2.45, 2.75) is 19.5 Å². The van der Waals surface area contributed by atoms with Crippen molar-refractivity contribution < 1.29 is 9.21 Å². The lowest BCUT2D eigenvalue weighted by atomic mass is 10.2. The van der Waals surface area contributed by atoms with Crippen molar-refractivity contribution >= 4 is 5.91 Å². The molecule has 2 rings (SSSR count). The van der Waals surface area contributed by atoms with E-state index in [1.165, 1.54) is 0 Å². The van der Waals surface area contributed by atoms with Crippen LogP contribution >= 0.6 is 0 Å². The number of amides is 1. The van der Waals surface area contributed by atoms with Crippen molar-refractivity contribution in [3.8, 4) is 0 Å². The van der Waals surface area contributed by atoms with Gasteiger partial charge in [-0.15, -0.1) is 0 Å². The molecule has 1 amide bonds. The molecule has 0 aromatic carbocycles. The van der Waals surface area contributed by atoms with E-state index in [2.05, 4.69) is 10.3 Å². The minimum atomic E-state index is -0.227. The molecule has 0 fully saturated rings. The summed E-state index contributed by atoms with van der Waals surface area (Å²) in [5.74, 6) is 0.486. The third-order valence-corrected chi connectivity index (χ3v) is 2.57. The third-order valence-electron chi connectivity index (χ3n) is 2.57. The highest BCUT2D eigenvalue weighted by molar-refractivity contribution is 5.92. The molecule has 0 unspecified atom stereocenters. The molecular formula is C12H16N4O2. The largest absolute Gasteiger partial charge is 0.467 e. The molecule has 1 atom stereocenters. The van der Waals surface area contributed by atoms with Crippen LogP contribution in [0.4, 0.5) is 0 Å². The second-order valence-corrected chi connectivity index (χ2v) is 4.00. The summed E-state index contributed by atoms with van der Waals surface area (Å²) in [6, 6.07) is 3.42. The first-order valence-electron chi connectivity index (χ1n) is 5.77. The van der Waals surface area contributed by atoms with Crippen LogP contribution in [0, 0.1) is 0 Å². The van der Waals surface area contributed by atoms with Crippen molar-refractivity contribution in [3.05, 3.63) is 42.4 Å². The van der Waals surface area contributed by atoms with Crippen LogP contribution in [0.5, 0.6) is 0 Å². The van der Waals surface area contributed by atoms with E-state index < -0.39 is 0 Å². The number of carbonyl (C=O) groups is 1. The zero-order valence-corrected chi connectivity index (χ0v) is 10.2. The van der Waals surface area contributed by atoms with Crippen LogP contribution in [-0.4, -0.2) is 22.0 Å². The predicted molar refractivity (Wildman–Crippen MR) is 65.9 cm³/mol. The number of hydrogen-bond donors (Lipinski definition) is 2. The molecular weight excluding hydrogens is 232 g/mol. The average Bonchev–Trinajstić information content (AvgIpc) is 3.00. The smallest absolute Gasteiger partial charge is 0.272 e. The van der Waals surface area contributed by atoms with Gasteiger partial charge in [-0.05, 0) is 19.1 Å². The van der Waals surface area contributed by atoms with Crippen LogP contribution in [0.25, 0.3) is 0 Å². The van der Waals surface area contributed by atoms with Gasteiger partial charge in [-0.3, -0.25) is 4.79 Å². The lowest BCUT2D eigenvalue weighted by molar-refractivity contribution is 0.0930. The Morgan fingerprint density at radius 2 is 2.50 bits per heavy atom. The maximum absolute atomic E-state index is 11.9. The van der Waals surface area contributed by atoms with Crippen LogP contribution in [0.2, 0.25) is 0 Å². The Hall–Kier alpha value is -2.08. The first-order chi connectivity index (χ1) is 8.70.